The van der Waals surface area contributed by atoms with Crippen molar-refractivity contribution < 1.29 is 19.0 Å². The molecule has 0 saturated carbocycles. The lowest BCUT2D eigenvalue weighted by atomic mass is 9.96. The number of nitrogens with one attached hydrogen (secondary N) is 1. The van der Waals surface area contributed by atoms with Crippen LogP contribution in [0.3, 0.4) is 0 Å². The zero-order chi connectivity index (χ0) is 32.8. The largest absolute Gasteiger partial charge is 0.494 e. The van der Waals surface area contributed by atoms with Crippen molar-refractivity contribution in [2.24, 2.45) is 5.10 Å². The van der Waals surface area contributed by atoms with Crippen molar-refractivity contribution in [1.82, 2.24) is 9.66 Å². The Morgan fingerprint density at radius 3 is 2.46 bits per heavy atom. The first kappa shape index (κ1) is 32.0. The SMILES string of the molecule is CCOc1cc(C)c(-c2nc3ccccc3c(=O)n2N=Cc2cccc(OC)c2OCC(=O)Nc2ccc(C)cc2)cc1C(C)C. The summed E-state index contributed by atoms with van der Waals surface area (Å²) in [5.74, 6) is 1.77. The number of para-hydroxylation sites is 2. The highest BCUT2D eigenvalue weighted by Crippen LogP contribution is 2.35. The number of amides is 1. The maximum absolute atomic E-state index is 13.9. The lowest BCUT2D eigenvalue weighted by Crippen LogP contribution is -2.21. The Morgan fingerprint density at radius 2 is 1.74 bits per heavy atom. The van der Waals surface area contributed by atoms with E-state index < -0.39 is 0 Å². The van der Waals surface area contributed by atoms with Crippen molar-refractivity contribution in [3.63, 3.8) is 0 Å². The molecule has 9 heteroatoms. The van der Waals surface area contributed by atoms with E-state index in [-0.39, 0.29) is 24.0 Å². The fourth-order valence-electron chi connectivity index (χ4n) is 5.12. The predicted octanol–water partition coefficient (Wildman–Crippen LogP) is 7.11. The first-order valence-electron chi connectivity index (χ1n) is 15.2. The number of aryl methyl sites for hydroxylation is 2. The van der Waals surface area contributed by atoms with Crippen LogP contribution in [0.15, 0.2) is 88.8 Å². The molecule has 0 radical (unpaired) electrons. The Morgan fingerprint density at radius 1 is 0.978 bits per heavy atom. The van der Waals surface area contributed by atoms with E-state index in [1.165, 1.54) is 18.0 Å². The molecule has 1 heterocycles. The summed E-state index contributed by atoms with van der Waals surface area (Å²) in [6.07, 6.45) is 1.52. The molecule has 4 aromatic carbocycles. The summed E-state index contributed by atoms with van der Waals surface area (Å²) in [5, 5.41) is 7.93. The molecule has 5 aromatic rings. The minimum absolute atomic E-state index is 0.171. The van der Waals surface area contributed by atoms with E-state index in [0.29, 0.717) is 46.1 Å². The van der Waals surface area contributed by atoms with Gasteiger partial charge in [0.1, 0.15) is 5.75 Å². The number of nitrogens with zero attached hydrogens (tertiary/aromatic N) is 3. The highest BCUT2D eigenvalue weighted by molar-refractivity contribution is 5.92. The predicted molar refractivity (Wildman–Crippen MR) is 183 cm³/mol. The van der Waals surface area contributed by atoms with Crippen LogP contribution in [0.25, 0.3) is 22.3 Å². The first-order valence-corrected chi connectivity index (χ1v) is 15.2. The smallest absolute Gasteiger partial charge is 0.282 e. The molecule has 236 valence electrons. The maximum Gasteiger partial charge on any atom is 0.282 e. The van der Waals surface area contributed by atoms with Gasteiger partial charge < -0.3 is 19.5 Å². The van der Waals surface area contributed by atoms with Gasteiger partial charge in [-0.25, -0.2) is 4.98 Å². The fourth-order valence-corrected chi connectivity index (χ4v) is 5.12. The average molecular weight is 619 g/mol. The molecular formula is C37H38N4O5. The number of carbonyl (C=O) groups is 1. The Labute approximate surface area is 268 Å². The lowest BCUT2D eigenvalue weighted by Gasteiger charge is -2.18. The number of fused-ring (bicyclic) bond motifs is 1. The second-order valence-electron chi connectivity index (χ2n) is 11.2. The zero-order valence-corrected chi connectivity index (χ0v) is 27.0. The summed E-state index contributed by atoms with van der Waals surface area (Å²) in [7, 11) is 1.52. The number of carbonyl (C=O) groups excluding carboxylic acids is 1. The molecule has 0 fully saturated rings. The van der Waals surface area contributed by atoms with Gasteiger partial charge in [-0.15, -0.1) is 0 Å². The van der Waals surface area contributed by atoms with E-state index in [9.17, 15) is 9.59 Å². The zero-order valence-electron chi connectivity index (χ0n) is 27.0. The lowest BCUT2D eigenvalue weighted by molar-refractivity contribution is -0.118. The van der Waals surface area contributed by atoms with Gasteiger partial charge in [0, 0.05) is 16.8 Å². The molecular weight excluding hydrogens is 580 g/mol. The van der Waals surface area contributed by atoms with Crippen molar-refractivity contribution in [3.05, 3.63) is 111 Å². The number of anilines is 1. The van der Waals surface area contributed by atoms with E-state index in [1.807, 2.05) is 69.3 Å². The van der Waals surface area contributed by atoms with Crippen LogP contribution in [-0.4, -0.2) is 42.1 Å². The standard InChI is InChI=1S/C37H38N4O5/c1-7-45-33-19-25(5)30(20-29(33)23(2)3)36-40-31-13-9-8-12-28(31)37(43)41(36)38-21-26-11-10-14-32(44-6)35(26)46-22-34(42)39-27-17-15-24(4)16-18-27/h8-21,23H,7,22H2,1-6H3,(H,39,42). The van der Waals surface area contributed by atoms with Crippen molar-refractivity contribution in [2.45, 2.75) is 40.5 Å². The van der Waals surface area contributed by atoms with Gasteiger partial charge in [0.2, 0.25) is 0 Å². The van der Waals surface area contributed by atoms with E-state index in [0.717, 1.165) is 28.0 Å². The Balaban J connectivity index is 1.56. The van der Waals surface area contributed by atoms with E-state index in [2.05, 4.69) is 24.3 Å². The van der Waals surface area contributed by atoms with Crippen molar-refractivity contribution in [2.75, 3.05) is 25.6 Å². The quantitative estimate of drug-likeness (QED) is 0.158. The van der Waals surface area contributed by atoms with Crippen LogP contribution in [-0.2, 0) is 4.79 Å². The molecule has 0 bridgehead atoms. The van der Waals surface area contributed by atoms with Crippen LogP contribution in [0.5, 0.6) is 17.2 Å². The number of ether oxygens (including phenoxy) is 3. The van der Waals surface area contributed by atoms with Gasteiger partial charge >= 0.3 is 0 Å². The molecule has 1 aromatic heterocycles. The minimum atomic E-state index is -0.332. The van der Waals surface area contributed by atoms with Gasteiger partial charge in [-0.3, -0.25) is 9.59 Å². The molecule has 0 atom stereocenters. The van der Waals surface area contributed by atoms with Crippen LogP contribution >= 0.6 is 0 Å². The van der Waals surface area contributed by atoms with E-state index in [4.69, 9.17) is 19.2 Å². The minimum Gasteiger partial charge on any atom is -0.494 e. The summed E-state index contributed by atoms with van der Waals surface area (Å²) in [6, 6.07) is 24.0. The average Bonchev–Trinajstić information content (AvgIpc) is 3.04. The van der Waals surface area contributed by atoms with Crippen molar-refractivity contribution in [1.29, 1.82) is 0 Å². The van der Waals surface area contributed by atoms with E-state index >= 15 is 0 Å². The molecule has 0 aliphatic heterocycles. The van der Waals surface area contributed by atoms with E-state index in [1.54, 1.807) is 30.3 Å². The normalized spacial score (nSPS) is 11.3. The summed E-state index contributed by atoms with van der Waals surface area (Å²) in [5.41, 5.74) is 5.19. The number of hydrogen-bond acceptors (Lipinski definition) is 7. The van der Waals surface area contributed by atoms with Gasteiger partial charge in [0.05, 0.1) is 30.8 Å². The van der Waals surface area contributed by atoms with Gasteiger partial charge in [0.15, 0.2) is 23.9 Å². The molecule has 5 rings (SSSR count). The number of methoxy groups -OCH3 is 1. The van der Waals surface area contributed by atoms with Crippen LogP contribution in [0.2, 0.25) is 0 Å². The Bertz CT molecular complexity index is 1960. The fraction of sp³-hybridized carbons (Fsp3) is 0.243. The maximum atomic E-state index is 13.9. The third kappa shape index (κ3) is 6.94. The molecule has 1 amide bonds. The second kappa shape index (κ2) is 14.1. The molecule has 0 spiro atoms. The van der Waals surface area contributed by atoms with Gasteiger partial charge in [-0.1, -0.05) is 49.7 Å². The summed E-state index contributed by atoms with van der Waals surface area (Å²) < 4.78 is 18.8. The van der Waals surface area contributed by atoms with Crippen LogP contribution in [0.1, 0.15) is 48.9 Å². The topological polar surface area (TPSA) is 104 Å². The summed E-state index contributed by atoms with van der Waals surface area (Å²) >= 11 is 0. The molecule has 0 unspecified atom stereocenters. The third-order valence-electron chi connectivity index (χ3n) is 7.50. The summed E-state index contributed by atoms with van der Waals surface area (Å²) in [4.78, 5) is 31.6. The summed E-state index contributed by atoms with van der Waals surface area (Å²) in [6.45, 7) is 10.4. The van der Waals surface area contributed by atoms with Gasteiger partial charge in [-0.2, -0.15) is 9.78 Å². The number of rotatable bonds is 11. The molecule has 0 aliphatic rings. The number of benzene rings is 4. The molecule has 0 saturated heterocycles. The second-order valence-corrected chi connectivity index (χ2v) is 11.2. The van der Waals surface area contributed by atoms with Crippen LogP contribution in [0.4, 0.5) is 5.69 Å². The highest BCUT2D eigenvalue weighted by Gasteiger charge is 2.19. The molecule has 9 nitrogen and oxygen atoms in total. The number of aromatic nitrogens is 2. The van der Waals surface area contributed by atoms with Crippen LogP contribution < -0.4 is 25.1 Å². The molecule has 1 N–H and O–H groups in total. The monoisotopic (exact) mass is 618 g/mol. The Hall–Kier alpha value is -5.44. The third-order valence-corrected chi connectivity index (χ3v) is 7.50. The molecule has 46 heavy (non-hydrogen) atoms. The van der Waals surface area contributed by atoms with Crippen molar-refractivity contribution >= 4 is 28.7 Å². The van der Waals surface area contributed by atoms with Crippen molar-refractivity contribution in [3.8, 4) is 28.6 Å². The molecule has 0 aliphatic carbocycles. The van der Waals surface area contributed by atoms with Gasteiger partial charge in [0.25, 0.3) is 11.5 Å². The highest BCUT2D eigenvalue weighted by atomic mass is 16.5. The first-order chi connectivity index (χ1) is 22.2. The number of hydrogen-bond donors (Lipinski definition) is 1. The Kier molecular flexibility index (Phi) is 9.81. The van der Waals surface area contributed by atoms with Crippen LogP contribution in [0, 0.1) is 13.8 Å². The van der Waals surface area contributed by atoms with Gasteiger partial charge in [-0.05, 0) is 86.3 Å².